The minimum atomic E-state index is -2.76. The highest BCUT2D eigenvalue weighted by molar-refractivity contribution is 8.00. The molecule has 6 nitrogen and oxygen atoms in total. The zero-order chi connectivity index (χ0) is 21.0. The van der Waals surface area contributed by atoms with Crippen molar-refractivity contribution in [2.75, 3.05) is 18.4 Å². The molecule has 0 aliphatic heterocycles. The summed E-state index contributed by atoms with van der Waals surface area (Å²) in [6, 6.07) is 6.40. The van der Waals surface area contributed by atoms with Crippen molar-refractivity contribution in [3.63, 3.8) is 0 Å². The van der Waals surface area contributed by atoms with Crippen LogP contribution in [0.2, 0.25) is 5.02 Å². The van der Waals surface area contributed by atoms with Gasteiger partial charge in [-0.2, -0.15) is 10.2 Å². The molecule has 2 aromatic heterocycles. The van der Waals surface area contributed by atoms with Crippen LogP contribution in [0, 0.1) is 17.1 Å². The lowest BCUT2D eigenvalue weighted by atomic mass is 10.1. The van der Waals surface area contributed by atoms with Crippen LogP contribution in [0.15, 0.2) is 35.5 Å². The first-order valence-electron chi connectivity index (χ1n) is 7.99. The maximum absolute atomic E-state index is 14.1. The number of fused-ring (bicyclic) bond motifs is 1. The summed E-state index contributed by atoms with van der Waals surface area (Å²) in [5.74, 6) is -1.56. The Labute approximate surface area is 172 Å². The van der Waals surface area contributed by atoms with E-state index < -0.39 is 24.7 Å². The lowest BCUT2D eigenvalue weighted by molar-refractivity contribution is 0.0770. The highest BCUT2D eigenvalue weighted by atomic mass is 35.5. The molecule has 11 heteroatoms. The van der Waals surface area contributed by atoms with Gasteiger partial charge in [-0.15, -0.1) is 0 Å². The summed E-state index contributed by atoms with van der Waals surface area (Å²) in [6.07, 6.45) is 0.327. The summed E-state index contributed by atoms with van der Waals surface area (Å²) in [7, 11) is 1.30. The maximum Gasteiger partial charge on any atom is 0.272 e. The molecule has 0 spiro atoms. The van der Waals surface area contributed by atoms with Gasteiger partial charge >= 0.3 is 0 Å². The zero-order valence-electron chi connectivity index (χ0n) is 14.7. The Hall–Kier alpha value is -2.90. The Kier molecular flexibility index (Phi) is 6.51. The van der Waals surface area contributed by atoms with Crippen molar-refractivity contribution in [2.24, 2.45) is 0 Å². The van der Waals surface area contributed by atoms with Gasteiger partial charge in [0.1, 0.15) is 11.8 Å². The van der Waals surface area contributed by atoms with E-state index in [0.717, 1.165) is 18.0 Å². The predicted molar refractivity (Wildman–Crippen MR) is 103 cm³/mol. The van der Waals surface area contributed by atoms with E-state index in [9.17, 15) is 18.4 Å². The third-order valence-electron chi connectivity index (χ3n) is 3.69. The molecular formula is C18H12ClF3N4O2S. The molecule has 0 bridgehead atoms. The third kappa shape index (κ3) is 4.58. The molecule has 0 fully saturated rings. The van der Waals surface area contributed by atoms with E-state index in [4.69, 9.17) is 16.3 Å². The van der Waals surface area contributed by atoms with Crippen LogP contribution in [-0.2, 0) is 0 Å². The first kappa shape index (κ1) is 20.8. The number of anilines is 1. The summed E-state index contributed by atoms with van der Waals surface area (Å²) in [4.78, 5) is 8.51. The van der Waals surface area contributed by atoms with Gasteiger partial charge < -0.3 is 14.2 Å². The van der Waals surface area contributed by atoms with Crippen molar-refractivity contribution in [1.29, 1.82) is 5.26 Å². The number of aromatic nitrogens is 2. The van der Waals surface area contributed by atoms with Gasteiger partial charge in [0.05, 0.1) is 22.6 Å². The van der Waals surface area contributed by atoms with Gasteiger partial charge in [-0.25, -0.2) is 13.2 Å². The van der Waals surface area contributed by atoms with Gasteiger partial charge in [-0.1, -0.05) is 17.7 Å². The van der Waals surface area contributed by atoms with Gasteiger partial charge in [0.25, 0.3) is 12.3 Å². The first-order valence-corrected chi connectivity index (χ1v) is 9.18. The van der Waals surface area contributed by atoms with Crippen molar-refractivity contribution in [3.8, 4) is 17.8 Å². The average molecular weight is 441 g/mol. The molecule has 0 atom stereocenters. The molecule has 3 rings (SSSR count). The van der Waals surface area contributed by atoms with Crippen LogP contribution in [-0.4, -0.2) is 30.1 Å². The van der Waals surface area contributed by atoms with E-state index in [0.29, 0.717) is 26.3 Å². The smallest absolute Gasteiger partial charge is 0.272 e. The normalized spacial score (nSPS) is 10.8. The second-order valence-corrected chi connectivity index (χ2v) is 6.76. The molecule has 29 heavy (non-hydrogen) atoms. The highest BCUT2D eigenvalue weighted by Gasteiger charge is 2.17. The number of alkyl halides is 2. The molecule has 1 aromatic carbocycles. The summed E-state index contributed by atoms with van der Waals surface area (Å²) in [6.45, 7) is -0.986. The number of hydrogen-bond acceptors (Lipinski definition) is 7. The summed E-state index contributed by atoms with van der Waals surface area (Å²) < 4.78 is 51.3. The number of methoxy groups -OCH3 is 1. The number of nitrogens with one attached hydrogen (secondary N) is 1. The van der Waals surface area contributed by atoms with Crippen molar-refractivity contribution in [1.82, 2.24) is 9.97 Å². The van der Waals surface area contributed by atoms with E-state index in [1.165, 1.54) is 13.3 Å². The molecule has 0 unspecified atom stereocenters. The molecule has 0 aliphatic carbocycles. The number of hydrogen-bond donors (Lipinski definition) is 1. The fourth-order valence-corrected chi connectivity index (χ4v) is 3.40. The monoisotopic (exact) mass is 440 g/mol. The fraction of sp³-hybridized carbons (Fsp3) is 0.167. The van der Waals surface area contributed by atoms with Crippen LogP contribution in [0.5, 0.6) is 11.8 Å². The maximum atomic E-state index is 14.1. The molecule has 1 N–H and O–H groups in total. The minimum absolute atomic E-state index is 0.0443. The topological polar surface area (TPSA) is 80.1 Å². The van der Waals surface area contributed by atoms with E-state index in [1.807, 2.05) is 6.07 Å². The molecule has 2 heterocycles. The molecular weight excluding hydrogens is 429 g/mol. The Balaban J connectivity index is 1.88. The average Bonchev–Trinajstić information content (AvgIpc) is 2.71. The summed E-state index contributed by atoms with van der Waals surface area (Å²) >= 11 is 7.13. The van der Waals surface area contributed by atoms with Crippen LogP contribution in [0.3, 0.4) is 0 Å². The van der Waals surface area contributed by atoms with Gasteiger partial charge in [0, 0.05) is 29.2 Å². The third-order valence-corrected chi connectivity index (χ3v) is 4.87. The standard InChI is InChI=1S/C18H12ClF3N4O2S/c1-27-18-14(4-13(20)17(25-18)28-8-16(21)22)26-29-15-7-24-6-11-9(15)2-3-12(19)10(11)5-23/h2-4,6-7,16,26H,8H2,1H3. The molecule has 0 radical (unpaired) electrons. The molecule has 0 saturated carbocycles. The van der Waals surface area contributed by atoms with Crippen molar-refractivity contribution in [3.05, 3.63) is 47.0 Å². The van der Waals surface area contributed by atoms with Crippen LogP contribution in [0.1, 0.15) is 5.56 Å². The van der Waals surface area contributed by atoms with E-state index in [1.54, 1.807) is 18.3 Å². The zero-order valence-corrected chi connectivity index (χ0v) is 16.3. The quantitative estimate of drug-likeness (QED) is 0.514. The molecule has 150 valence electrons. The number of halogens is 4. The number of nitrogens with zero attached hydrogens (tertiary/aromatic N) is 3. The van der Waals surface area contributed by atoms with Gasteiger partial charge in [0.2, 0.25) is 5.88 Å². The Morgan fingerprint density at radius 3 is 2.76 bits per heavy atom. The summed E-state index contributed by atoms with van der Waals surface area (Å²) in [5, 5.41) is 10.9. The summed E-state index contributed by atoms with van der Waals surface area (Å²) in [5.41, 5.74) is 0.454. The molecule has 0 amide bonds. The van der Waals surface area contributed by atoms with E-state index in [-0.39, 0.29) is 11.6 Å². The van der Waals surface area contributed by atoms with Crippen molar-refractivity contribution in [2.45, 2.75) is 11.3 Å². The van der Waals surface area contributed by atoms with Crippen molar-refractivity contribution < 1.29 is 22.6 Å². The fourth-order valence-electron chi connectivity index (χ4n) is 2.42. The SMILES string of the molecule is COc1nc(OCC(F)F)c(F)cc1NSc1cncc2c(C#N)c(Cl)ccc12. The van der Waals surface area contributed by atoms with Crippen LogP contribution >= 0.6 is 23.5 Å². The largest absolute Gasteiger partial charge is 0.479 e. The number of rotatable bonds is 7. The number of nitriles is 1. The lowest BCUT2D eigenvalue weighted by Crippen LogP contribution is -2.10. The van der Waals surface area contributed by atoms with E-state index >= 15 is 0 Å². The predicted octanol–water partition coefficient (Wildman–Crippen LogP) is 5.07. The molecule has 0 aliphatic rings. The Bertz CT molecular complexity index is 1090. The number of pyridine rings is 2. The second kappa shape index (κ2) is 9.07. The second-order valence-electron chi connectivity index (χ2n) is 5.51. The lowest BCUT2D eigenvalue weighted by Gasteiger charge is -2.13. The Morgan fingerprint density at radius 2 is 2.07 bits per heavy atom. The highest BCUT2D eigenvalue weighted by Crippen LogP contribution is 2.35. The molecule has 3 aromatic rings. The van der Waals surface area contributed by atoms with Gasteiger partial charge in [-0.05, 0) is 18.0 Å². The first-order chi connectivity index (χ1) is 13.9. The van der Waals surface area contributed by atoms with Crippen LogP contribution in [0.25, 0.3) is 10.8 Å². The van der Waals surface area contributed by atoms with Crippen molar-refractivity contribution >= 4 is 40.0 Å². The van der Waals surface area contributed by atoms with E-state index in [2.05, 4.69) is 19.4 Å². The molecule has 0 saturated heterocycles. The van der Waals surface area contributed by atoms with Crippen LogP contribution in [0.4, 0.5) is 18.9 Å². The Morgan fingerprint density at radius 1 is 1.28 bits per heavy atom. The minimum Gasteiger partial charge on any atom is -0.479 e. The van der Waals surface area contributed by atoms with Gasteiger partial charge in [-0.3, -0.25) is 4.98 Å². The number of benzene rings is 1. The van der Waals surface area contributed by atoms with Crippen LogP contribution < -0.4 is 14.2 Å². The van der Waals surface area contributed by atoms with Gasteiger partial charge in [0.15, 0.2) is 12.4 Å². The number of ether oxygens (including phenoxy) is 2.